The third-order valence-corrected chi connectivity index (χ3v) is 2.30. The van der Waals surface area contributed by atoms with Gasteiger partial charge in [0.2, 0.25) is 0 Å². The standard InChI is InChI=1S/C10H14N6/c1-2-7(9-13-5-6-14-9)16-10-8(11)12-3-4-15-10/h3-7H,2H2,1H3,(H2,11,12)(H,13,14)(H,15,16). The van der Waals surface area contributed by atoms with Crippen molar-refractivity contribution in [2.75, 3.05) is 11.1 Å². The van der Waals surface area contributed by atoms with E-state index in [0.717, 1.165) is 12.2 Å². The number of H-pyrrole nitrogens is 1. The fourth-order valence-electron chi connectivity index (χ4n) is 1.46. The van der Waals surface area contributed by atoms with Crippen LogP contribution < -0.4 is 11.1 Å². The molecule has 0 bridgehead atoms. The number of aromatic nitrogens is 4. The molecule has 1 atom stereocenters. The molecule has 0 amide bonds. The fourth-order valence-corrected chi connectivity index (χ4v) is 1.46. The van der Waals surface area contributed by atoms with Crippen LogP contribution in [0.15, 0.2) is 24.8 Å². The van der Waals surface area contributed by atoms with Crippen LogP contribution in [0.3, 0.4) is 0 Å². The molecule has 0 fully saturated rings. The van der Waals surface area contributed by atoms with Crippen LogP contribution in [0, 0.1) is 0 Å². The van der Waals surface area contributed by atoms with Crippen molar-refractivity contribution in [3.05, 3.63) is 30.6 Å². The van der Waals surface area contributed by atoms with Crippen molar-refractivity contribution in [2.45, 2.75) is 19.4 Å². The molecular formula is C10H14N6. The highest BCUT2D eigenvalue weighted by Crippen LogP contribution is 2.20. The first-order valence-electron chi connectivity index (χ1n) is 5.13. The molecule has 84 valence electrons. The van der Waals surface area contributed by atoms with Gasteiger partial charge in [0.1, 0.15) is 5.82 Å². The third-order valence-electron chi connectivity index (χ3n) is 2.30. The first-order valence-corrected chi connectivity index (χ1v) is 5.13. The van der Waals surface area contributed by atoms with Crippen molar-refractivity contribution in [3.8, 4) is 0 Å². The molecule has 0 aliphatic rings. The molecule has 6 nitrogen and oxygen atoms in total. The van der Waals surface area contributed by atoms with Gasteiger partial charge in [-0.2, -0.15) is 0 Å². The Morgan fingerprint density at radius 3 is 2.75 bits per heavy atom. The third kappa shape index (κ3) is 2.10. The molecule has 2 aromatic rings. The minimum absolute atomic E-state index is 0.0639. The van der Waals surface area contributed by atoms with Gasteiger partial charge in [0.05, 0.1) is 6.04 Å². The lowest BCUT2D eigenvalue weighted by Crippen LogP contribution is -2.14. The summed E-state index contributed by atoms with van der Waals surface area (Å²) in [5.41, 5.74) is 5.71. The van der Waals surface area contributed by atoms with E-state index in [2.05, 4.69) is 32.2 Å². The zero-order valence-corrected chi connectivity index (χ0v) is 9.01. The summed E-state index contributed by atoms with van der Waals surface area (Å²) in [6.07, 6.45) is 7.56. The summed E-state index contributed by atoms with van der Waals surface area (Å²) in [7, 11) is 0. The highest BCUT2D eigenvalue weighted by molar-refractivity contribution is 5.55. The number of nitrogens with zero attached hydrogens (tertiary/aromatic N) is 3. The van der Waals surface area contributed by atoms with Crippen LogP contribution in [-0.4, -0.2) is 19.9 Å². The van der Waals surface area contributed by atoms with Crippen molar-refractivity contribution in [1.82, 2.24) is 19.9 Å². The molecule has 0 aliphatic carbocycles. The zero-order valence-electron chi connectivity index (χ0n) is 9.01. The Morgan fingerprint density at radius 1 is 1.31 bits per heavy atom. The Morgan fingerprint density at radius 2 is 2.12 bits per heavy atom. The minimum Gasteiger partial charge on any atom is -0.381 e. The lowest BCUT2D eigenvalue weighted by atomic mass is 10.2. The topological polar surface area (TPSA) is 92.5 Å². The molecule has 0 spiro atoms. The van der Waals surface area contributed by atoms with Gasteiger partial charge >= 0.3 is 0 Å². The summed E-state index contributed by atoms with van der Waals surface area (Å²) in [6.45, 7) is 2.06. The van der Waals surface area contributed by atoms with E-state index in [-0.39, 0.29) is 6.04 Å². The van der Waals surface area contributed by atoms with Gasteiger partial charge in [-0.25, -0.2) is 15.0 Å². The Balaban J connectivity index is 2.17. The smallest absolute Gasteiger partial charge is 0.169 e. The van der Waals surface area contributed by atoms with Gasteiger partial charge in [0, 0.05) is 24.8 Å². The van der Waals surface area contributed by atoms with Crippen molar-refractivity contribution in [1.29, 1.82) is 0 Å². The lowest BCUT2D eigenvalue weighted by molar-refractivity contribution is 0.700. The van der Waals surface area contributed by atoms with Crippen LogP contribution in [0.25, 0.3) is 0 Å². The molecule has 16 heavy (non-hydrogen) atoms. The van der Waals surface area contributed by atoms with Crippen LogP contribution in [0.5, 0.6) is 0 Å². The fraction of sp³-hybridized carbons (Fsp3) is 0.300. The molecule has 0 aromatic carbocycles. The summed E-state index contributed by atoms with van der Waals surface area (Å²) in [5.74, 6) is 1.85. The van der Waals surface area contributed by atoms with Gasteiger partial charge < -0.3 is 16.0 Å². The van der Waals surface area contributed by atoms with E-state index < -0.39 is 0 Å². The summed E-state index contributed by atoms with van der Waals surface area (Å²) in [6, 6.07) is 0.0639. The average Bonchev–Trinajstić information content (AvgIpc) is 2.81. The predicted octanol–water partition coefficient (Wildman–Crippen LogP) is 1.35. The monoisotopic (exact) mass is 218 g/mol. The maximum absolute atomic E-state index is 5.71. The van der Waals surface area contributed by atoms with Gasteiger partial charge in [-0.05, 0) is 6.42 Å². The van der Waals surface area contributed by atoms with E-state index in [4.69, 9.17) is 5.73 Å². The summed E-state index contributed by atoms with van der Waals surface area (Å²) >= 11 is 0. The van der Waals surface area contributed by atoms with E-state index >= 15 is 0 Å². The second-order valence-corrected chi connectivity index (χ2v) is 3.37. The number of hydrogen-bond donors (Lipinski definition) is 3. The largest absolute Gasteiger partial charge is 0.381 e. The molecule has 6 heteroatoms. The van der Waals surface area contributed by atoms with Crippen molar-refractivity contribution < 1.29 is 0 Å². The molecule has 2 heterocycles. The molecule has 1 unspecified atom stereocenters. The zero-order chi connectivity index (χ0) is 11.4. The molecule has 4 N–H and O–H groups in total. The van der Waals surface area contributed by atoms with E-state index in [1.54, 1.807) is 24.8 Å². The molecule has 2 aromatic heterocycles. The number of nitrogen functional groups attached to an aromatic ring is 1. The van der Waals surface area contributed by atoms with Gasteiger partial charge in [-0.15, -0.1) is 0 Å². The number of nitrogens with one attached hydrogen (secondary N) is 2. The van der Waals surface area contributed by atoms with Crippen molar-refractivity contribution in [3.63, 3.8) is 0 Å². The average molecular weight is 218 g/mol. The first-order chi connectivity index (χ1) is 7.81. The maximum Gasteiger partial charge on any atom is 0.169 e. The summed E-state index contributed by atoms with van der Waals surface area (Å²) in [4.78, 5) is 15.4. The first kappa shape index (κ1) is 10.4. The summed E-state index contributed by atoms with van der Waals surface area (Å²) in [5, 5.41) is 3.21. The Labute approximate surface area is 93.3 Å². The molecule has 0 saturated heterocycles. The maximum atomic E-state index is 5.71. The van der Waals surface area contributed by atoms with E-state index in [1.807, 2.05) is 0 Å². The van der Waals surface area contributed by atoms with Crippen LogP contribution >= 0.6 is 0 Å². The Kier molecular flexibility index (Phi) is 3.00. The Bertz CT molecular complexity index is 438. The lowest BCUT2D eigenvalue weighted by Gasteiger charge is -2.15. The number of hydrogen-bond acceptors (Lipinski definition) is 5. The van der Waals surface area contributed by atoms with E-state index in [0.29, 0.717) is 11.6 Å². The highest BCUT2D eigenvalue weighted by atomic mass is 15.1. The molecule has 0 aliphatic heterocycles. The van der Waals surface area contributed by atoms with Gasteiger partial charge in [-0.3, -0.25) is 0 Å². The summed E-state index contributed by atoms with van der Waals surface area (Å²) < 4.78 is 0. The second-order valence-electron chi connectivity index (χ2n) is 3.37. The number of rotatable bonds is 4. The van der Waals surface area contributed by atoms with Gasteiger partial charge in [0.15, 0.2) is 11.6 Å². The number of imidazole rings is 1. The van der Waals surface area contributed by atoms with Crippen molar-refractivity contribution in [2.24, 2.45) is 0 Å². The van der Waals surface area contributed by atoms with Crippen LogP contribution in [0.2, 0.25) is 0 Å². The van der Waals surface area contributed by atoms with Gasteiger partial charge in [-0.1, -0.05) is 6.92 Å². The van der Waals surface area contributed by atoms with Crippen LogP contribution in [-0.2, 0) is 0 Å². The normalized spacial score (nSPS) is 12.3. The highest BCUT2D eigenvalue weighted by Gasteiger charge is 2.13. The molecular weight excluding hydrogens is 204 g/mol. The Hall–Kier alpha value is -2.11. The predicted molar refractivity (Wildman–Crippen MR) is 61.7 cm³/mol. The number of aromatic amines is 1. The SMILES string of the molecule is CCC(Nc1nccnc1N)c1ncc[nH]1. The van der Waals surface area contributed by atoms with Crippen LogP contribution in [0.4, 0.5) is 11.6 Å². The van der Waals surface area contributed by atoms with Crippen LogP contribution in [0.1, 0.15) is 25.2 Å². The molecule has 0 radical (unpaired) electrons. The molecule has 0 saturated carbocycles. The number of nitrogens with two attached hydrogens (primary N) is 1. The van der Waals surface area contributed by atoms with E-state index in [1.165, 1.54) is 0 Å². The quantitative estimate of drug-likeness (QED) is 0.720. The van der Waals surface area contributed by atoms with Crippen molar-refractivity contribution >= 4 is 11.6 Å². The minimum atomic E-state index is 0.0639. The second kappa shape index (κ2) is 4.61. The van der Waals surface area contributed by atoms with E-state index in [9.17, 15) is 0 Å². The number of anilines is 2. The van der Waals surface area contributed by atoms with Gasteiger partial charge in [0.25, 0.3) is 0 Å². The molecule has 2 rings (SSSR count).